The number of nitrogens with zero attached hydrogens (tertiary/aromatic N) is 8. The van der Waals surface area contributed by atoms with Gasteiger partial charge in [0.05, 0.1) is 34.2 Å². The molecule has 2 saturated heterocycles. The molecule has 0 atom stereocenters. The molecule has 11 heteroatoms. The fraction of sp³-hybridized carbons (Fsp3) is 0.400. The highest BCUT2D eigenvalue weighted by Gasteiger charge is 2.26. The van der Waals surface area contributed by atoms with Gasteiger partial charge in [0, 0.05) is 51.2 Å². The first-order valence-corrected chi connectivity index (χ1v) is 13.1. The zero-order chi connectivity index (χ0) is 24.5. The average Bonchev–Trinajstić information content (AvgIpc) is 3.61. The van der Waals surface area contributed by atoms with Gasteiger partial charge in [-0.25, -0.2) is 4.52 Å². The summed E-state index contributed by atoms with van der Waals surface area (Å²) >= 11 is 1.62. The SMILES string of the molecule is CNc1cc(-c2ccc3cc(C#N)cnn23)ncc1-c1nnc(N2CCN(C3CCNCC3)CC2)s1. The number of piperazine rings is 1. The van der Waals surface area contributed by atoms with E-state index in [1.54, 1.807) is 22.0 Å². The largest absolute Gasteiger partial charge is 0.387 e. The van der Waals surface area contributed by atoms with Crippen molar-refractivity contribution < 1.29 is 0 Å². The quantitative estimate of drug-likeness (QED) is 0.427. The first kappa shape index (κ1) is 22.8. The molecule has 4 aromatic heterocycles. The lowest BCUT2D eigenvalue weighted by atomic mass is 10.0. The minimum atomic E-state index is 0.533. The standard InChI is InChI=1S/C25H28N10S/c1-27-21-13-22(23-3-2-19-12-17(14-26)15-30-35(19)23)29-16-20(21)24-31-32-25(36-24)34-10-8-33(9-11-34)18-4-6-28-7-5-18/h2-3,12-13,15-16,18,28H,4-11H2,1H3,(H,27,29). The lowest BCUT2D eigenvalue weighted by molar-refractivity contribution is 0.153. The molecule has 36 heavy (non-hydrogen) atoms. The number of anilines is 2. The second-order valence-corrected chi connectivity index (χ2v) is 10.1. The molecular weight excluding hydrogens is 472 g/mol. The topological polar surface area (TPSA) is 110 Å². The number of nitriles is 1. The van der Waals surface area contributed by atoms with E-state index in [0.29, 0.717) is 11.6 Å². The smallest absolute Gasteiger partial charge is 0.208 e. The van der Waals surface area contributed by atoms with Crippen LogP contribution in [0, 0.1) is 11.3 Å². The summed E-state index contributed by atoms with van der Waals surface area (Å²) in [7, 11) is 1.90. The summed E-state index contributed by atoms with van der Waals surface area (Å²) in [5.41, 5.74) is 4.91. The van der Waals surface area contributed by atoms with Gasteiger partial charge in [-0.3, -0.25) is 9.88 Å². The van der Waals surface area contributed by atoms with Crippen LogP contribution in [0.15, 0.2) is 36.7 Å². The minimum absolute atomic E-state index is 0.533. The molecule has 0 bridgehead atoms. The number of piperidine rings is 1. The third-order valence-corrected chi connectivity index (χ3v) is 8.14. The van der Waals surface area contributed by atoms with E-state index in [1.807, 2.05) is 37.5 Å². The van der Waals surface area contributed by atoms with Gasteiger partial charge in [0.15, 0.2) is 5.01 Å². The van der Waals surface area contributed by atoms with E-state index in [0.717, 1.165) is 77.6 Å². The van der Waals surface area contributed by atoms with Crippen LogP contribution < -0.4 is 15.5 Å². The summed E-state index contributed by atoms with van der Waals surface area (Å²) in [4.78, 5) is 9.73. The fourth-order valence-corrected chi connectivity index (χ4v) is 6.05. The molecule has 2 N–H and O–H groups in total. The highest BCUT2D eigenvalue weighted by Crippen LogP contribution is 2.35. The number of pyridine rings is 1. The zero-order valence-corrected chi connectivity index (χ0v) is 21.0. The molecule has 0 unspecified atom stereocenters. The Bertz CT molecular complexity index is 1410. The fourth-order valence-electron chi connectivity index (χ4n) is 5.13. The van der Waals surface area contributed by atoms with Crippen molar-refractivity contribution in [2.75, 3.05) is 56.5 Å². The molecule has 0 saturated carbocycles. The first-order valence-electron chi connectivity index (χ1n) is 12.3. The normalized spacial score (nSPS) is 17.4. The number of hydrogen-bond donors (Lipinski definition) is 2. The predicted octanol–water partition coefficient (Wildman–Crippen LogP) is 2.70. The maximum atomic E-state index is 9.14. The number of fused-ring (bicyclic) bond motifs is 1. The molecule has 6 heterocycles. The maximum Gasteiger partial charge on any atom is 0.208 e. The Balaban J connectivity index is 1.20. The van der Waals surface area contributed by atoms with Gasteiger partial charge in [0.1, 0.15) is 6.07 Å². The third-order valence-electron chi connectivity index (χ3n) is 7.12. The molecule has 0 spiro atoms. The van der Waals surface area contributed by atoms with Crippen LogP contribution >= 0.6 is 11.3 Å². The molecule has 0 aliphatic carbocycles. The molecule has 2 fully saturated rings. The molecule has 184 valence electrons. The monoisotopic (exact) mass is 500 g/mol. The van der Waals surface area contributed by atoms with E-state index >= 15 is 0 Å². The van der Waals surface area contributed by atoms with Crippen molar-refractivity contribution in [3.05, 3.63) is 42.2 Å². The predicted molar refractivity (Wildman–Crippen MR) is 141 cm³/mol. The molecule has 10 nitrogen and oxygen atoms in total. The Morgan fingerprint density at radius 3 is 2.69 bits per heavy atom. The van der Waals surface area contributed by atoms with Gasteiger partial charge in [-0.1, -0.05) is 11.3 Å². The Morgan fingerprint density at radius 2 is 1.92 bits per heavy atom. The van der Waals surface area contributed by atoms with Crippen LogP contribution in [0.3, 0.4) is 0 Å². The van der Waals surface area contributed by atoms with Crippen LogP contribution in [-0.2, 0) is 0 Å². The maximum absolute atomic E-state index is 9.14. The van der Waals surface area contributed by atoms with Crippen molar-refractivity contribution in [2.45, 2.75) is 18.9 Å². The Kier molecular flexibility index (Phi) is 6.23. The van der Waals surface area contributed by atoms with Crippen molar-refractivity contribution in [1.82, 2.24) is 35.0 Å². The molecule has 0 radical (unpaired) electrons. The lowest BCUT2D eigenvalue weighted by Gasteiger charge is -2.40. The van der Waals surface area contributed by atoms with Gasteiger partial charge >= 0.3 is 0 Å². The van der Waals surface area contributed by atoms with Crippen LogP contribution in [0.2, 0.25) is 0 Å². The average molecular weight is 501 g/mol. The van der Waals surface area contributed by atoms with E-state index in [2.05, 4.69) is 41.8 Å². The van der Waals surface area contributed by atoms with Crippen molar-refractivity contribution in [2.24, 2.45) is 0 Å². The Morgan fingerprint density at radius 1 is 1.08 bits per heavy atom. The highest BCUT2D eigenvalue weighted by molar-refractivity contribution is 7.18. The number of rotatable bonds is 5. The van der Waals surface area contributed by atoms with Crippen molar-refractivity contribution in [3.8, 4) is 28.0 Å². The summed E-state index contributed by atoms with van der Waals surface area (Å²) in [6.07, 6.45) is 5.91. The van der Waals surface area contributed by atoms with Gasteiger partial charge in [-0.05, 0) is 50.2 Å². The van der Waals surface area contributed by atoms with Crippen LogP contribution in [0.25, 0.3) is 27.5 Å². The van der Waals surface area contributed by atoms with Gasteiger partial charge < -0.3 is 15.5 Å². The van der Waals surface area contributed by atoms with Crippen molar-refractivity contribution >= 4 is 27.7 Å². The van der Waals surface area contributed by atoms with Gasteiger partial charge in [0.25, 0.3) is 0 Å². The van der Waals surface area contributed by atoms with E-state index in [4.69, 9.17) is 10.2 Å². The summed E-state index contributed by atoms with van der Waals surface area (Å²) in [6, 6.07) is 10.6. The number of hydrogen-bond acceptors (Lipinski definition) is 10. The summed E-state index contributed by atoms with van der Waals surface area (Å²) in [5, 5.41) is 31.2. The first-order chi connectivity index (χ1) is 17.7. The number of aromatic nitrogens is 5. The van der Waals surface area contributed by atoms with Crippen molar-refractivity contribution in [3.63, 3.8) is 0 Å². The third kappa shape index (κ3) is 4.28. The van der Waals surface area contributed by atoms with E-state index in [9.17, 15) is 0 Å². The second-order valence-electron chi connectivity index (χ2n) is 9.17. The van der Waals surface area contributed by atoms with Crippen LogP contribution in [0.5, 0.6) is 0 Å². The molecule has 4 aromatic rings. The molecule has 2 aliphatic rings. The van der Waals surface area contributed by atoms with Crippen LogP contribution in [0.1, 0.15) is 18.4 Å². The zero-order valence-electron chi connectivity index (χ0n) is 20.2. The van der Waals surface area contributed by atoms with E-state index < -0.39 is 0 Å². The lowest BCUT2D eigenvalue weighted by Crippen LogP contribution is -2.52. The second kappa shape index (κ2) is 9.81. The van der Waals surface area contributed by atoms with Crippen molar-refractivity contribution in [1.29, 1.82) is 5.26 Å². The molecule has 6 rings (SSSR count). The minimum Gasteiger partial charge on any atom is -0.387 e. The molecule has 0 aromatic carbocycles. The summed E-state index contributed by atoms with van der Waals surface area (Å²) < 4.78 is 1.80. The van der Waals surface area contributed by atoms with Gasteiger partial charge in [0.2, 0.25) is 5.13 Å². The van der Waals surface area contributed by atoms with Crippen LogP contribution in [-0.4, -0.2) is 82.1 Å². The Labute approximate surface area is 213 Å². The molecular formula is C25H28N10S. The van der Waals surface area contributed by atoms with E-state index in [1.165, 1.54) is 12.8 Å². The Hall–Kier alpha value is -3.59. The van der Waals surface area contributed by atoms with Crippen LogP contribution in [0.4, 0.5) is 10.8 Å². The van der Waals surface area contributed by atoms with Gasteiger partial charge in [-0.2, -0.15) is 10.4 Å². The summed E-state index contributed by atoms with van der Waals surface area (Å²) in [5.74, 6) is 0. The van der Waals surface area contributed by atoms with Gasteiger partial charge in [-0.15, -0.1) is 10.2 Å². The summed E-state index contributed by atoms with van der Waals surface area (Å²) in [6.45, 7) is 6.38. The van der Waals surface area contributed by atoms with E-state index in [-0.39, 0.29) is 0 Å². The molecule has 0 amide bonds. The highest BCUT2D eigenvalue weighted by atomic mass is 32.1. The number of nitrogens with one attached hydrogen (secondary N) is 2. The molecule has 2 aliphatic heterocycles.